The van der Waals surface area contributed by atoms with Crippen LogP contribution in [0.5, 0.6) is 0 Å². The van der Waals surface area contributed by atoms with Crippen molar-refractivity contribution < 1.29 is 9.59 Å². The van der Waals surface area contributed by atoms with Crippen LogP contribution in [-0.2, 0) is 4.79 Å². The van der Waals surface area contributed by atoms with Crippen LogP contribution in [0.25, 0.3) is 0 Å². The molecule has 3 amide bonds. The SMILES string of the molecule is Cc1cccc(NC(=O)/N=C2/NC(=O)CN2C)c1. The molecule has 1 fully saturated rings. The molecule has 1 aliphatic rings. The minimum Gasteiger partial charge on any atom is -0.336 e. The first kappa shape index (κ1) is 12.1. The summed E-state index contributed by atoms with van der Waals surface area (Å²) >= 11 is 0. The van der Waals surface area contributed by atoms with E-state index in [4.69, 9.17) is 0 Å². The van der Waals surface area contributed by atoms with Gasteiger partial charge in [0.2, 0.25) is 11.9 Å². The molecule has 0 saturated carbocycles. The normalized spacial score (nSPS) is 16.9. The van der Waals surface area contributed by atoms with Crippen LogP contribution in [0.4, 0.5) is 10.5 Å². The third-order valence-electron chi connectivity index (χ3n) is 2.47. The van der Waals surface area contributed by atoms with Crippen molar-refractivity contribution in [3.05, 3.63) is 29.8 Å². The summed E-state index contributed by atoms with van der Waals surface area (Å²) in [5.41, 5.74) is 1.73. The number of amides is 3. The predicted octanol–water partition coefficient (Wildman–Crippen LogP) is 0.945. The zero-order valence-electron chi connectivity index (χ0n) is 10.2. The van der Waals surface area contributed by atoms with Crippen molar-refractivity contribution >= 4 is 23.6 Å². The molecule has 0 bridgehead atoms. The maximum atomic E-state index is 11.7. The van der Waals surface area contributed by atoms with E-state index in [0.29, 0.717) is 5.69 Å². The van der Waals surface area contributed by atoms with E-state index in [1.807, 2.05) is 25.1 Å². The van der Waals surface area contributed by atoms with Crippen LogP contribution in [0, 0.1) is 6.92 Å². The lowest BCUT2D eigenvalue weighted by Gasteiger charge is -2.08. The molecule has 0 spiro atoms. The van der Waals surface area contributed by atoms with E-state index in [-0.39, 0.29) is 18.4 Å². The summed E-state index contributed by atoms with van der Waals surface area (Å²) in [4.78, 5) is 28.1. The Bertz CT molecular complexity index is 525. The number of hydrogen-bond acceptors (Lipinski definition) is 2. The number of aryl methyl sites for hydroxylation is 1. The number of hydrogen-bond donors (Lipinski definition) is 2. The average Bonchev–Trinajstić information content (AvgIpc) is 2.57. The number of nitrogens with one attached hydrogen (secondary N) is 2. The van der Waals surface area contributed by atoms with Crippen molar-refractivity contribution in [1.82, 2.24) is 10.2 Å². The third-order valence-corrected chi connectivity index (χ3v) is 2.47. The maximum absolute atomic E-state index is 11.7. The molecule has 0 radical (unpaired) electrons. The van der Waals surface area contributed by atoms with Gasteiger partial charge in [-0.05, 0) is 24.6 Å². The van der Waals surface area contributed by atoms with E-state index < -0.39 is 6.03 Å². The number of likely N-dealkylation sites (N-methyl/N-ethyl adjacent to an activating group) is 1. The van der Waals surface area contributed by atoms with Crippen molar-refractivity contribution in [3.63, 3.8) is 0 Å². The van der Waals surface area contributed by atoms with Gasteiger partial charge in [-0.2, -0.15) is 4.99 Å². The van der Waals surface area contributed by atoms with Gasteiger partial charge in [-0.15, -0.1) is 0 Å². The molecule has 2 N–H and O–H groups in total. The van der Waals surface area contributed by atoms with Gasteiger partial charge >= 0.3 is 6.03 Å². The van der Waals surface area contributed by atoms with Gasteiger partial charge in [0.1, 0.15) is 0 Å². The van der Waals surface area contributed by atoms with Crippen LogP contribution in [0.3, 0.4) is 0 Å². The molecule has 1 aromatic carbocycles. The minimum absolute atomic E-state index is 0.167. The smallest absolute Gasteiger partial charge is 0.336 e. The Labute approximate surface area is 105 Å². The van der Waals surface area contributed by atoms with E-state index in [1.54, 1.807) is 18.0 Å². The lowest BCUT2D eigenvalue weighted by Crippen LogP contribution is -2.29. The number of guanidine groups is 1. The van der Waals surface area contributed by atoms with Gasteiger partial charge in [0.15, 0.2) is 0 Å². The Balaban J connectivity index is 2.05. The molecule has 2 rings (SSSR count). The topological polar surface area (TPSA) is 73.8 Å². The molecule has 6 nitrogen and oxygen atoms in total. The lowest BCUT2D eigenvalue weighted by atomic mass is 10.2. The number of benzene rings is 1. The second-order valence-corrected chi connectivity index (χ2v) is 4.14. The molecular weight excluding hydrogens is 232 g/mol. The van der Waals surface area contributed by atoms with E-state index >= 15 is 0 Å². The van der Waals surface area contributed by atoms with Gasteiger partial charge in [0, 0.05) is 12.7 Å². The summed E-state index contributed by atoms with van der Waals surface area (Å²) in [6, 6.07) is 6.90. The zero-order chi connectivity index (χ0) is 13.1. The van der Waals surface area contributed by atoms with Crippen LogP contribution in [-0.4, -0.2) is 36.4 Å². The predicted molar refractivity (Wildman–Crippen MR) is 68.4 cm³/mol. The average molecular weight is 246 g/mol. The number of aliphatic imine (C=N–C) groups is 1. The molecular formula is C12H14N4O2. The van der Waals surface area contributed by atoms with E-state index in [0.717, 1.165) is 5.56 Å². The fraction of sp³-hybridized carbons (Fsp3) is 0.250. The molecule has 0 atom stereocenters. The van der Waals surface area contributed by atoms with E-state index in [1.165, 1.54) is 0 Å². The maximum Gasteiger partial charge on any atom is 0.348 e. The van der Waals surface area contributed by atoms with E-state index in [2.05, 4.69) is 15.6 Å². The van der Waals surface area contributed by atoms with Crippen LogP contribution in [0.1, 0.15) is 5.56 Å². The number of anilines is 1. The second-order valence-electron chi connectivity index (χ2n) is 4.14. The number of carbonyl (C=O) groups is 2. The second kappa shape index (κ2) is 4.87. The van der Waals surface area contributed by atoms with Gasteiger partial charge in [0.25, 0.3) is 0 Å². The van der Waals surface area contributed by atoms with Crippen LogP contribution < -0.4 is 10.6 Å². The van der Waals surface area contributed by atoms with Gasteiger partial charge < -0.3 is 10.2 Å². The van der Waals surface area contributed by atoms with E-state index in [9.17, 15) is 9.59 Å². The Hall–Kier alpha value is -2.37. The molecule has 0 unspecified atom stereocenters. The largest absolute Gasteiger partial charge is 0.348 e. The third kappa shape index (κ3) is 2.85. The van der Waals surface area contributed by atoms with Gasteiger partial charge in [-0.25, -0.2) is 4.79 Å². The monoisotopic (exact) mass is 246 g/mol. The highest BCUT2D eigenvalue weighted by atomic mass is 16.2. The number of carbonyl (C=O) groups excluding carboxylic acids is 2. The summed E-state index contributed by atoms with van der Waals surface area (Å²) < 4.78 is 0. The van der Waals surface area contributed by atoms with Gasteiger partial charge in [0.05, 0.1) is 6.54 Å². The quantitative estimate of drug-likeness (QED) is 0.774. The molecule has 1 aliphatic heterocycles. The highest BCUT2D eigenvalue weighted by molar-refractivity contribution is 6.09. The fourth-order valence-corrected chi connectivity index (χ4v) is 1.63. The summed E-state index contributed by atoms with van der Waals surface area (Å²) in [6.45, 7) is 2.16. The van der Waals surface area contributed by atoms with Crippen molar-refractivity contribution in [2.24, 2.45) is 4.99 Å². The highest BCUT2D eigenvalue weighted by Crippen LogP contribution is 2.09. The van der Waals surface area contributed by atoms with Crippen LogP contribution in [0.2, 0.25) is 0 Å². The Morgan fingerprint density at radius 1 is 1.50 bits per heavy atom. The molecule has 94 valence electrons. The first-order chi connectivity index (χ1) is 8.54. The molecule has 18 heavy (non-hydrogen) atoms. The summed E-state index contributed by atoms with van der Waals surface area (Å²) in [5, 5.41) is 5.15. The van der Waals surface area contributed by atoms with Gasteiger partial charge in [-0.3, -0.25) is 10.1 Å². The standard InChI is InChI=1S/C12H14N4O2/c1-8-4-3-5-9(6-8)13-12(18)15-11-14-10(17)7-16(11)2/h3-6H,7H2,1-2H3,(H2,13,14,15,17,18). The molecule has 0 aliphatic carbocycles. The zero-order valence-corrected chi connectivity index (χ0v) is 10.2. The Kier molecular flexibility index (Phi) is 3.27. The summed E-state index contributed by atoms with van der Waals surface area (Å²) in [7, 11) is 1.69. The lowest BCUT2D eigenvalue weighted by molar-refractivity contribution is -0.118. The molecule has 0 aromatic heterocycles. The number of rotatable bonds is 1. The number of urea groups is 1. The Morgan fingerprint density at radius 3 is 2.89 bits per heavy atom. The molecule has 1 aromatic rings. The highest BCUT2D eigenvalue weighted by Gasteiger charge is 2.22. The number of nitrogens with zero attached hydrogens (tertiary/aromatic N) is 2. The van der Waals surface area contributed by atoms with Crippen molar-refractivity contribution in [1.29, 1.82) is 0 Å². The van der Waals surface area contributed by atoms with Crippen molar-refractivity contribution in [2.75, 3.05) is 18.9 Å². The van der Waals surface area contributed by atoms with Crippen molar-refractivity contribution in [3.8, 4) is 0 Å². The molecule has 1 saturated heterocycles. The first-order valence-corrected chi connectivity index (χ1v) is 5.52. The first-order valence-electron chi connectivity index (χ1n) is 5.52. The Morgan fingerprint density at radius 2 is 2.28 bits per heavy atom. The van der Waals surface area contributed by atoms with Gasteiger partial charge in [-0.1, -0.05) is 12.1 Å². The summed E-state index contributed by atoms with van der Waals surface area (Å²) in [5.74, 6) is 0.102. The van der Waals surface area contributed by atoms with Crippen LogP contribution >= 0.6 is 0 Å². The molecule has 1 heterocycles. The fourth-order valence-electron chi connectivity index (χ4n) is 1.63. The summed E-state index contributed by atoms with van der Waals surface area (Å²) in [6.07, 6.45) is 0. The van der Waals surface area contributed by atoms with Crippen molar-refractivity contribution in [2.45, 2.75) is 6.92 Å². The minimum atomic E-state index is -0.510. The van der Waals surface area contributed by atoms with Crippen LogP contribution in [0.15, 0.2) is 29.3 Å². The molecule has 6 heteroatoms.